The van der Waals surface area contributed by atoms with Crippen LogP contribution in [0.3, 0.4) is 0 Å². The fourth-order valence-corrected chi connectivity index (χ4v) is 3.50. The number of hydrogen-bond donors (Lipinski definition) is 2. The highest BCUT2D eigenvalue weighted by Gasteiger charge is 2.09. The number of nitrogens with one attached hydrogen (secondary N) is 1. The van der Waals surface area contributed by atoms with Crippen molar-refractivity contribution in [1.29, 1.82) is 0 Å². The summed E-state index contributed by atoms with van der Waals surface area (Å²) in [5.41, 5.74) is 4.74. The lowest BCUT2D eigenvalue weighted by atomic mass is 9.93. The Bertz CT molecular complexity index is 981. The zero-order chi connectivity index (χ0) is 21.9. The maximum Gasteiger partial charge on any atom is 0.290 e. The number of fused-ring (bicyclic) bond motifs is 1. The van der Waals surface area contributed by atoms with Crippen LogP contribution in [0.4, 0.5) is 5.69 Å². The third-order valence-corrected chi connectivity index (χ3v) is 5.37. The van der Waals surface area contributed by atoms with Gasteiger partial charge in [0.15, 0.2) is 0 Å². The van der Waals surface area contributed by atoms with E-state index in [1.165, 1.54) is 21.9 Å². The zero-order valence-electron chi connectivity index (χ0n) is 18.0. The van der Waals surface area contributed by atoms with E-state index >= 15 is 0 Å². The predicted octanol–water partition coefficient (Wildman–Crippen LogP) is 6.32. The molecule has 0 aliphatic heterocycles. The van der Waals surface area contributed by atoms with E-state index in [0.29, 0.717) is 12.3 Å². The summed E-state index contributed by atoms with van der Waals surface area (Å²) in [5, 5.41) is 12.5. The number of amides is 1. The molecule has 1 unspecified atom stereocenters. The molecule has 3 aromatic rings. The molecule has 0 saturated carbocycles. The molecule has 3 aromatic carbocycles. The topological polar surface area (TPSA) is 66.4 Å². The average Bonchev–Trinajstić information content (AvgIpc) is 2.75. The van der Waals surface area contributed by atoms with Crippen LogP contribution in [-0.2, 0) is 16.0 Å². The first-order valence-corrected chi connectivity index (χ1v) is 10.4. The van der Waals surface area contributed by atoms with Gasteiger partial charge in [-0.2, -0.15) is 0 Å². The van der Waals surface area contributed by atoms with Crippen molar-refractivity contribution in [3.63, 3.8) is 0 Å². The van der Waals surface area contributed by atoms with E-state index in [1.807, 2.05) is 31.2 Å². The average molecular weight is 406 g/mol. The van der Waals surface area contributed by atoms with Crippen LogP contribution in [0.15, 0.2) is 60.7 Å². The summed E-state index contributed by atoms with van der Waals surface area (Å²) >= 11 is 0. The molecule has 4 heteroatoms. The van der Waals surface area contributed by atoms with Gasteiger partial charge in [0.1, 0.15) is 0 Å². The van der Waals surface area contributed by atoms with E-state index in [4.69, 9.17) is 9.90 Å². The molecule has 0 saturated heterocycles. The van der Waals surface area contributed by atoms with Gasteiger partial charge >= 0.3 is 0 Å². The number of aryl methyl sites for hydroxylation is 2. The summed E-state index contributed by atoms with van der Waals surface area (Å²) in [6.07, 6.45) is 3.54. The Kier molecular flexibility index (Phi) is 9.07. The fraction of sp³-hybridized carbons (Fsp3) is 0.308. The molecule has 0 radical (unpaired) electrons. The second kappa shape index (κ2) is 11.8. The lowest BCUT2D eigenvalue weighted by Crippen LogP contribution is -2.12. The van der Waals surface area contributed by atoms with Crippen LogP contribution in [0.5, 0.6) is 0 Å². The summed E-state index contributed by atoms with van der Waals surface area (Å²) < 4.78 is 0. The number of carbonyl (C=O) groups excluding carboxylic acids is 1. The van der Waals surface area contributed by atoms with Crippen molar-refractivity contribution in [2.45, 2.75) is 52.4 Å². The molecule has 30 heavy (non-hydrogen) atoms. The standard InChI is InChI=1S/C25H29NO.CH2O2/c1-4-20-12-13-23-17-21(14-15-22(23)16-20)18(2)9-7-11-25(27)26-24-10-6-5-8-19(24)3;2-1-3/h5-6,8,10,12-18H,4,7,9,11H2,1-3H3,(H,26,27);1H,(H,2,3). The first kappa shape index (κ1) is 23.1. The Labute approximate surface area is 178 Å². The van der Waals surface area contributed by atoms with Crippen molar-refractivity contribution >= 4 is 28.8 Å². The number of carbonyl (C=O) groups is 2. The van der Waals surface area contributed by atoms with E-state index in [0.717, 1.165) is 30.5 Å². The first-order valence-electron chi connectivity index (χ1n) is 10.4. The largest absolute Gasteiger partial charge is 0.483 e. The molecule has 1 atom stereocenters. The van der Waals surface area contributed by atoms with E-state index in [2.05, 4.69) is 55.6 Å². The molecular formula is C26H31NO3. The van der Waals surface area contributed by atoms with Gasteiger partial charge in [0.05, 0.1) is 0 Å². The lowest BCUT2D eigenvalue weighted by Gasteiger charge is -2.13. The van der Waals surface area contributed by atoms with Gasteiger partial charge in [0, 0.05) is 12.1 Å². The molecular weight excluding hydrogens is 374 g/mol. The van der Waals surface area contributed by atoms with Gasteiger partial charge in [-0.15, -0.1) is 0 Å². The minimum atomic E-state index is -0.250. The number of para-hydroxylation sites is 1. The Morgan fingerprint density at radius 1 is 1.07 bits per heavy atom. The number of anilines is 1. The van der Waals surface area contributed by atoms with Gasteiger partial charge in [-0.3, -0.25) is 9.59 Å². The van der Waals surface area contributed by atoms with Crippen molar-refractivity contribution in [3.8, 4) is 0 Å². The summed E-state index contributed by atoms with van der Waals surface area (Å²) in [7, 11) is 0. The molecule has 0 fully saturated rings. The highest BCUT2D eigenvalue weighted by Crippen LogP contribution is 2.26. The molecule has 0 spiro atoms. The van der Waals surface area contributed by atoms with E-state index in [-0.39, 0.29) is 12.4 Å². The van der Waals surface area contributed by atoms with Gasteiger partial charge in [-0.1, -0.05) is 68.4 Å². The van der Waals surface area contributed by atoms with Gasteiger partial charge in [-0.25, -0.2) is 0 Å². The summed E-state index contributed by atoms with van der Waals surface area (Å²) in [6.45, 7) is 6.20. The molecule has 0 aliphatic carbocycles. The van der Waals surface area contributed by atoms with Crippen molar-refractivity contribution in [2.24, 2.45) is 0 Å². The number of benzene rings is 3. The van der Waals surface area contributed by atoms with Crippen LogP contribution in [0.1, 0.15) is 55.7 Å². The number of hydrogen-bond acceptors (Lipinski definition) is 2. The van der Waals surface area contributed by atoms with Crippen molar-refractivity contribution < 1.29 is 14.7 Å². The summed E-state index contributed by atoms with van der Waals surface area (Å²) in [5.74, 6) is 0.550. The zero-order valence-corrected chi connectivity index (χ0v) is 18.0. The van der Waals surface area contributed by atoms with Crippen molar-refractivity contribution in [3.05, 3.63) is 77.4 Å². The molecule has 2 N–H and O–H groups in total. The molecule has 158 valence electrons. The van der Waals surface area contributed by atoms with Crippen LogP contribution in [-0.4, -0.2) is 17.5 Å². The van der Waals surface area contributed by atoms with E-state index in [9.17, 15) is 4.79 Å². The predicted molar refractivity (Wildman–Crippen MR) is 124 cm³/mol. The minimum absolute atomic E-state index is 0.0992. The van der Waals surface area contributed by atoms with Gasteiger partial charge in [-0.05, 0) is 65.6 Å². The lowest BCUT2D eigenvalue weighted by molar-refractivity contribution is -0.123. The highest BCUT2D eigenvalue weighted by molar-refractivity contribution is 5.91. The Morgan fingerprint density at radius 2 is 1.73 bits per heavy atom. The molecule has 4 nitrogen and oxygen atoms in total. The van der Waals surface area contributed by atoms with Crippen LogP contribution in [0.2, 0.25) is 0 Å². The molecule has 0 bridgehead atoms. The smallest absolute Gasteiger partial charge is 0.290 e. The van der Waals surface area contributed by atoms with Crippen molar-refractivity contribution in [2.75, 3.05) is 5.32 Å². The third-order valence-electron chi connectivity index (χ3n) is 5.37. The van der Waals surface area contributed by atoms with Crippen LogP contribution >= 0.6 is 0 Å². The third kappa shape index (κ3) is 6.73. The Hall–Kier alpha value is -3.14. The second-order valence-electron chi connectivity index (χ2n) is 7.56. The maximum atomic E-state index is 12.2. The van der Waals surface area contributed by atoms with Gasteiger partial charge in [0.2, 0.25) is 5.91 Å². The Balaban J connectivity index is 0.00000101. The van der Waals surface area contributed by atoms with Gasteiger partial charge in [0.25, 0.3) is 6.47 Å². The molecule has 0 heterocycles. The highest BCUT2D eigenvalue weighted by atomic mass is 16.3. The molecule has 0 aromatic heterocycles. The monoisotopic (exact) mass is 405 g/mol. The van der Waals surface area contributed by atoms with Crippen LogP contribution in [0, 0.1) is 6.92 Å². The molecule has 0 aliphatic rings. The SMILES string of the molecule is CCc1ccc2cc(C(C)CCCC(=O)Nc3ccccc3C)ccc2c1.O=CO. The molecule has 3 rings (SSSR count). The number of rotatable bonds is 7. The summed E-state index contributed by atoms with van der Waals surface area (Å²) in [6, 6.07) is 21.4. The number of carboxylic acid groups (broad SMARTS) is 1. The Morgan fingerprint density at radius 3 is 2.43 bits per heavy atom. The quantitative estimate of drug-likeness (QED) is 0.452. The van der Waals surface area contributed by atoms with Crippen molar-refractivity contribution in [1.82, 2.24) is 0 Å². The minimum Gasteiger partial charge on any atom is -0.483 e. The van der Waals surface area contributed by atoms with E-state index < -0.39 is 0 Å². The first-order chi connectivity index (χ1) is 14.5. The van der Waals surface area contributed by atoms with E-state index in [1.54, 1.807) is 0 Å². The second-order valence-corrected chi connectivity index (χ2v) is 7.56. The van der Waals surface area contributed by atoms with Gasteiger partial charge < -0.3 is 10.4 Å². The maximum absolute atomic E-state index is 12.2. The molecule has 1 amide bonds. The normalized spacial score (nSPS) is 11.3. The fourth-order valence-electron chi connectivity index (χ4n) is 3.50. The van der Waals surface area contributed by atoms with Crippen LogP contribution in [0.25, 0.3) is 10.8 Å². The van der Waals surface area contributed by atoms with Crippen LogP contribution < -0.4 is 5.32 Å². The summed E-state index contributed by atoms with van der Waals surface area (Å²) in [4.78, 5) is 20.6.